The van der Waals surface area contributed by atoms with Crippen LogP contribution in [0.5, 0.6) is 23.0 Å². The van der Waals surface area contributed by atoms with Crippen LogP contribution in [0.15, 0.2) is 109 Å². The number of carbonyl (C=O) groups excluding carboxylic acids is 12. The molecule has 13 N–H and O–H groups in total. The summed E-state index contributed by atoms with van der Waals surface area (Å²) in [7, 11) is 1.16. The van der Waals surface area contributed by atoms with E-state index in [4.69, 9.17) is 14.2 Å². The predicted octanol–water partition coefficient (Wildman–Crippen LogP) is 5.55. The number of ether oxygens (including phenoxy) is 4. The smallest absolute Gasteiger partial charge is 0.407 e. The van der Waals surface area contributed by atoms with E-state index >= 15 is 0 Å². The number of fused-ring (bicyclic) bond motifs is 11. The molecule has 10 atom stereocenters. The molecule has 8 rings (SSSR count). The molecular weight excluding hydrogens is 1410 g/mol. The molecule has 29 nitrogen and oxygen atoms in total. The Hall–Kier alpha value is -12.0. The van der Waals surface area contributed by atoms with E-state index in [1.54, 1.807) is 24.3 Å². The van der Waals surface area contributed by atoms with Crippen molar-refractivity contribution < 1.29 is 86.7 Å². The zero-order valence-electron chi connectivity index (χ0n) is 64.0. The van der Waals surface area contributed by atoms with Crippen molar-refractivity contribution in [3.05, 3.63) is 170 Å². The third-order valence-electron chi connectivity index (χ3n) is 18.8. The number of methoxy groups -OCH3 is 1. The summed E-state index contributed by atoms with van der Waals surface area (Å²) in [6, 6.07) is 21.2. The Morgan fingerprint density at radius 1 is 0.382 bits per heavy atom. The van der Waals surface area contributed by atoms with Gasteiger partial charge in [0.1, 0.15) is 90.0 Å². The maximum absolute atomic E-state index is 14.5. The molecule has 0 radical (unpaired) electrons. The normalized spacial score (nSPS) is 14.7. The molecule has 0 aliphatic heterocycles. The van der Waals surface area contributed by atoms with Crippen LogP contribution >= 0.6 is 0 Å². The van der Waals surface area contributed by atoms with Crippen molar-refractivity contribution in [3.8, 4) is 34.1 Å². The molecule has 29 heteroatoms. The third-order valence-corrected chi connectivity index (χ3v) is 18.8. The van der Waals surface area contributed by atoms with Crippen molar-refractivity contribution >= 4 is 76.8 Å². The molecule has 0 aromatic heterocycles. The van der Waals surface area contributed by atoms with E-state index in [1.807, 2.05) is 86.6 Å². The number of nitrogens with one attached hydrogen (secondary N) is 11. The first kappa shape index (κ1) is 83.6. The lowest BCUT2D eigenvalue weighted by Crippen LogP contribution is -2.56. The van der Waals surface area contributed by atoms with E-state index in [0.717, 1.165) is 29.4 Å². The van der Waals surface area contributed by atoms with Crippen molar-refractivity contribution in [2.75, 3.05) is 32.2 Å². The van der Waals surface area contributed by atoms with Gasteiger partial charge in [0.05, 0.1) is 20.3 Å². The highest BCUT2D eigenvalue weighted by molar-refractivity contribution is 6.01. The maximum Gasteiger partial charge on any atom is 0.407 e. The second-order valence-corrected chi connectivity index (χ2v) is 27.7. The average Bonchev–Trinajstić information content (AvgIpc) is 1.53. The highest BCUT2D eigenvalue weighted by Gasteiger charge is 2.34. The molecule has 2 aliphatic rings. The maximum atomic E-state index is 14.5. The number of hydrogen-bond acceptors (Lipinski definition) is 18. The highest BCUT2D eigenvalue weighted by atomic mass is 16.5. The Balaban J connectivity index is 0.917. The number of carbonyl (C=O) groups is 12. The number of amides is 11. The first-order chi connectivity index (χ1) is 52.3. The van der Waals surface area contributed by atoms with Crippen LogP contribution in [-0.2, 0) is 83.1 Å². The monoisotopic (exact) mass is 1510 g/mol. The molecule has 2 aliphatic carbocycles. The minimum Gasteiger partial charge on any atom is -0.507 e. The number of esters is 1. The largest absolute Gasteiger partial charge is 0.507 e. The van der Waals surface area contributed by atoms with E-state index in [1.165, 1.54) is 81.4 Å². The van der Waals surface area contributed by atoms with Gasteiger partial charge in [-0.3, -0.25) is 47.9 Å². The molecule has 110 heavy (non-hydrogen) atoms. The molecule has 6 aromatic rings. The summed E-state index contributed by atoms with van der Waals surface area (Å²) in [6.07, 6.45) is 0.466. The van der Waals surface area contributed by atoms with Crippen molar-refractivity contribution in [1.29, 1.82) is 0 Å². The fourth-order valence-electron chi connectivity index (χ4n) is 12.6. The number of phenolic OH excluding ortho intramolecular Hbond substituents is 2. The van der Waals surface area contributed by atoms with Gasteiger partial charge in [-0.2, -0.15) is 0 Å². The number of hydrogen-bond donors (Lipinski definition) is 13. The minimum atomic E-state index is -1.23. The van der Waals surface area contributed by atoms with E-state index in [9.17, 15) is 67.7 Å². The summed E-state index contributed by atoms with van der Waals surface area (Å²) in [5.41, 5.74) is 8.26. The first-order valence-corrected chi connectivity index (χ1v) is 36.7. The zero-order valence-corrected chi connectivity index (χ0v) is 64.0. The molecule has 586 valence electrons. The molecule has 8 bridgehead atoms. The van der Waals surface area contributed by atoms with Crippen LogP contribution in [0, 0.1) is 0 Å². The lowest BCUT2D eigenvalue weighted by molar-refractivity contribution is -0.144. The van der Waals surface area contributed by atoms with Crippen molar-refractivity contribution in [2.24, 2.45) is 0 Å². The molecule has 0 fully saturated rings. The SMILES string of the molecule is CCCOc1c2cccc1Cc1cc(C(=O)N[C@@H](C)C(=O)N[C@@H](C)C(=O)N[C@@H](C)C(=O)N[C@@H](C)C(=O)N[C@@H](C)C(=O)OC)cc(c1O)Cc1cccc(c1OCCC)Cc1cc(NC(=O)C(C)NC(=O)[C@H](C)NC(=O)[C@H](C)NC(=O)[C@H](C)NC(=O)[C@H](C)NC(=O)OCC3c4ccccc4-c4ccccc43)cc(c1O)C2. The van der Waals surface area contributed by atoms with Gasteiger partial charge >= 0.3 is 12.1 Å². The second kappa shape index (κ2) is 38.2. The number of phenols is 2. The molecule has 11 amide bonds. The second-order valence-electron chi connectivity index (χ2n) is 27.7. The summed E-state index contributed by atoms with van der Waals surface area (Å²) in [6.45, 7) is 18.4. The molecular formula is C81H99N11O18. The van der Waals surface area contributed by atoms with Gasteiger partial charge in [-0.15, -0.1) is 0 Å². The average molecular weight is 1510 g/mol. The first-order valence-electron chi connectivity index (χ1n) is 36.7. The van der Waals surface area contributed by atoms with Gasteiger partial charge in [0.2, 0.25) is 53.2 Å². The van der Waals surface area contributed by atoms with Crippen molar-refractivity contribution in [3.63, 3.8) is 0 Å². The van der Waals surface area contributed by atoms with Gasteiger partial charge in [-0.05, 0) is 162 Å². The van der Waals surface area contributed by atoms with Crippen LogP contribution in [0.1, 0.15) is 168 Å². The number of aromatic hydroxyl groups is 2. The number of alkyl carbamates (subject to hydrolysis) is 1. The van der Waals surface area contributed by atoms with Crippen LogP contribution in [-0.4, -0.2) is 169 Å². The van der Waals surface area contributed by atoms with E-state index in [2.05, 4.69) is 63.2 Å². The Bertz CT molecular complexity index is 4320. The standard InChI is InChI=1S/C81H99N11O18/c1-14-30-108-68-51-22-20-24-53(68)34-57-38-60(92-78(103)48(10)88-74(99)44(6)84-70(95)41(3)83-73(98)45(7)87-77(102)49(11)91-81(106)110-40-65-63-28-18-16-26-61(63)62-27-17-19-29-64(62)65)39-58(67(57)94)35-54-25-21-23-52(69(54)109-31-15-2)33-56-37-59(36-55(32-51)66(56)93)79(104)89-47(9)75(100)85-43(5)71(96)82-42(4)72(97)86-46(8)76(101)90-50(12)80(105)107-13/h16-29,36-39,41-50,65,93-94H,14-15,30-35,40H2,1-13H3,(H,82,96)(H,83,98)(H,84,95)(H,85,100)(H,86,97)(H,87,102)(H,88,99)(H,89,104)(H,90,101)(H,91,106)(H,92,103)/t41-,42-,43-,44-,45-,46-,47-,48?,49-,50-/m0/s1. The highest BCUT2D eigenvalue weighted by Crippen LogP contribution is 2.45. The molecule has 0 spiro atoms. The fraction of sp³-hybridized carbons (Fsp3) is 0.407. The Morgan fingerprint density at radius 2 is 0.691 bits per heavy atom. The van der Waals surface area contributed by atoms with Crippen LogP contribution in [0.2, 0.25) is 0 Å². The van der Waals surface area contributed by atoms with Crippen molar-refractivity contribution in [1.82, 2.24) is 53.2 Å². The summed E-state index contributed by atoms with van der Waals surface area (Å²) in [5, 5.41) is 53.0. The van der Waals surface area contributed by atoms with Crippen LogP contribution < -0.4 is 68.0 Å². The van der Waals surface area contributed by atoms with Crippen LogP contribution in [0.3, 0.4) is 0 Å². The summed E-state index contributed by atoms with van der Waals surface area (Å²) in [4.78, 5) is 159. The van der Waals surface area contributed by atoms with Crippen molar-refractivity contribution in [2.45, 2.75) is 188 Å². The lowest BCUT2D eigenvalue weighted by Gasteiger charge is -2.23. The van der Waals surface area contributed by atoms with Gasteiger partial charge in [-0.1, -0.05) is 98.8 Å². The third kappa shape index (κ3) is 21.4. The van der Waals surface area contributed by atoms with Gasteiger partial charge in [-0.25, -0.2) is 9.59 Å². The van der Waals surface area contributed by atoms with E-state index in [0.29, 0.717) is 68.8 Å². The fourth-order valence-corrected chi connectivity index (χ4v) is 12.6. The van der Waals surface area contributed by atoms with Gasteiger partial charge in [0, 0.05) is 54.0 Å². The zero-order chi connectivity index (χ0) is 80.4. The number of rotatable bonds is 30. The molecule has 0 saturated carbocycles. The molecule has 0 saturated heterocycles. The Morgan fingerprint density at radius 3 is 1.04 bits per heavy atom. The van der Waals surface area contributed by atoms with Gasteiger partial charge in [0.25, 0.3) is 5.91 Å². The summed E-state index contributed by atoms with van der Waals surface area (Å²) >= 11 is 0. The molecule has 0 heterocycles. The predicted molar refractivity (Wildman–Crippen MR) is 408 cm³/mol. The van der Waals surface area contributed by atoms with Gasteiger partial charge < -0.3 is 87.6 Å². The number of anilines is 1. The van der Waals surface area contributed by atoms with Crippen LogP contribution in [0.25, 0.3) is 11.1 Å². The Labute approximate surface area is 638 Å². The quantitative estimate of drug-likeness (QED) is 0.0194. The molecule has 6 aromatic carbocycles. The van der Waals surface area contributed by atoms with E-state index < -0.39 is 132 Å². The Kier molecular flexibility index (Phi) is 29.0. The van der Waals surface area contributed by atoms with Gasteiger partial charge in [0.15, 0.2) is 0 Å². The van der Waals surface area contributed by atoms with E-state index in [-0.39, 0.29) is 74.2 Å². The summed E-state index contributed by atoms with van der Waals surface area (Å²) < 4.78 is 23.2. The molecule has 1 unspecified atom stereocenters. The topological polar surface area (TPSA) is 415 Å². The number of benzene rings is 6. The van der Waals surface area contributed by atoms with Crippen LogP contribution in [0.4, 0.5) is 10.5 Å². The minimum absolute atomic E-state index is 0.0103. The lowest BCUT2D eigenvalue weighted by atomic mass is 9.90. The number of para-hydroxylation sites is 2. The summed E-state index contributed by atoms with van der Waals surface area (Å²) in [5.74, 6) is -7.45.